The second-order valence-corrected chi connectivity index (χ2v) is 7.87. The number of aromatic carboxylic acids is 1. The first-order valence-electron chi connectivity index (χ1n) is 8.69. The monoisotopic (exact) mass is 343 g/mol. The third-order valence-electron chi connectivity index (χ3n) is 4.54. The molecule has 134 valence electrons. The van der Waals surface area contributed by atoms with Gasteiger partial charge < -0.3 is 9.63 Å². The Morgan fingerprint density at radius 3 is 2.88 bits per heavy atom. The van der Waals surface area contributed by atoms with Crippen molar-refractivity contribution in [1.29, 1.82) is 0 Å². The quantitative estimate of drug-likeness (QED) is 0.898. The molecule has 0 unspecified atom stereocenters. The van der Waals surface area contributed by atoms with Gasteiger partial charge in [-0.15, -0.1) is 0 Å². The predicted molar refractivity (Wildman–Crippen MR) is 93.5 cm³/mol. The first-order chi connectivity index (χ1) is 11.8. The van der Waals surface area contributed by atoms with E-state index in [1.54, 1.807) is 12.1 Å². The maximum atomic E-state index is 11.1. The Hall–Kier alpha value is -2.21. The van der Waals surface area contributed by atoms with Gasteiger partial charge in [0.05, 0.1) is 12.1 Å². The molecule has 2 aromatic rings. The van der Waals surface area contributed by atoms with Gasteiger partial charge >= 0.3 is 5.97 Å². The van der Waals surface area contributed by atoms with Crippen molar-refractivity contribution >= 4 is 5.97 Å². The Morgan fingerprint density at radius 1 is 1.40 bits per heavy atom. The van der Waals surface area contributed by atoms with Gasteiger partial charge in [-0.2, -0.15) is 4.98 Å². The Labute approximate surface area is 147 Å². The lowest BCUT2D eigenvalue weighted by atomic mass is 9.97. The van der Waals surface area contributed by atoms with Crippen LogP contribution >= 0.6 is 0 Å². The molecule has 25 heavy (non-hydrogen) atoms. The first-order valence-corrected chi connectivity index (χ1v) is 8.69. The van der Waals surface area contributed by atoms with E-state index in [1.165, 1.54) is 0 Å². The minimum Gasteiger partial charge on any atom is -0.478 e. The van der Waals surface area contributed by atoms with Crippen molar-refractivity contribution in [2.45, 2.75) is 45.6 Å². The fourth-order valence-electron chi connectivity index (χ4n) is 3.21. The second-order valence-electron chi connectivity index (χ2n) is 7.87. The normalized spacial score (nSPS) is 18.6. The topological polar surface area (TPSA) is 79.5 Å². The zero-order valence-corrected chi connectivity index (χ0v) is 15.0. The van der Waals surface area contributed by atoms with E-state index in [-0.39, 0.29) is 5.41 Å². The predicted octanol–water partition coefficient (Wildman–Crippen LogP) is 3.13. The number of nitrogens with zero attached hydrogens (tertiary/aromatic N) is 3. The summed E-state index contributed by atoms with van der Waals surface area (Å²) in [6.45, 7) is 8.84. The summed E-state index contributed by atoms with van der Waals surface area (Å²) in [5.74, 6) is 1.06. The molecule has 6 heteroatoms. The average molecular weight is 343 g/mol. The summed E-state index contributed by atoms with van der Waals surface area (Å²) < 4.78 is 5.35. The molecule has 1 saturated heterocycles. The minimum atomic E-state index is -0.873. The summed E-state index contributed by atoms with van der Waals surface area (Å²) in [6.07, 6.45) is 2.00. The van der Waals surface area contributed by atoms with Crippen LogP contribution in [0.4, 0.5) is 0 Å². The fraction of sp³-hybridized carbons (Fsp3) is 0.526. The summed E-state index contributed by atoms with van der Waals surface area (Å²) in [7, 11) is 0. The number of benzene rings is 1. The average Bonchev–Trinajstić information content (AvgIpc) is 3.17. The molecule has 0 aliphatic carbocycles. The van der Waals surface area contributed by atoms with Gasteiger partial charge in [0.2, 0.25) is 5.89 Å². The zero-order chi connectivity index (χ0) is 18.0. The number of carboxylic acid groups (broad SMARTS) is 1. The number of aromatic nitrogens is 2. The van der Waals surface area contributed by atoms with Crippen molar-refractivity contribution in [1.82, 2.24) is 15.0 Å². The van der Waals surface area contributed by atoms with Crippen LogP contribution in [0.1, 0.15) is 54.8 Å². The van der Waals surface area contributed by atoms with Crippen molar-refractivity contribution in [3.05, 3.63) is 47.1 Å². The molecule has 0 radical (unpaired) electrons. The SMILES string of the molecule is CC(C)(C)c1nc(CN2CC[C@@H](Cc3cccc(C(=O)O)c3)C2)no1. The number of hydrogen-bond donors (Lipinski definition) is 1. The Kier molecular flexibility index (Phi) is 4.90. The lowest BCUT2D eigenvalue weighted by Crippen LogP contribution is -2.21. The lowest BCUT2D eigenvalue weighted by molar-refractivity contribution is 0.0696. The molecule has 1 aliphatic rings. The third-order valence-corrected chi connectivity index (χ3v) is 4.54. The number of likely N-dealkylation sites (tertiary alicyclic amines) is 1. The molecule has 1 atom stereocenters. The molecule has 1 fully saturated rings. The maximum absolute atomic E-state index is 11.1. The van der Waals surface area contributed by atoms with Gasteiger partial charge in [-0.3, -0.25) is 4.90 Å². The molecule has 1 aromatic heterocycles. The smallest absolute Gasteiger partial charge is 0.335 e. The van der Waals surface area contributed by atoms with Crippen molar-refractivity contribution in [2.75, 3.05) is 13.1 Å². The van der Waals surface area contributed by atoms with E-state index in [0.29, 0.717) is 23.9 Å². The maximum Gasteiger partial charge on any atom is 0.335 e. The Bertz CT molecular complexity index is 748. The summed E-state index contributed by atoms with van der Waals surface area (Å²) in [6, 6.07) is 7.23. The highest BCUT2D eigenvalue weighted by molar-refractivity contribution is 5.87. The van der Waals surface area contributed by atoms with E-state index in [0.717, 1.165) is 37.3 Å². The number of carbonyl (C=O) groups is 1. The van der Waals surface area contributed by atoms with Crippen LogP contribution in [-0.2, 0) is 18.4 Å². The van der Waals surface area contributed by atoms with E-state index in [9.17, 15) is 4.79 Å². The molecule has 0 saturated carbocycles. The molecular formula is C19H25N3O3. The molecule has 0 spiro atoms. The molecule has 0 amide bonds. The number of rotatable bonds is 5. The van der Waals surface area contributed by atoms with Crippen LogP contribution in [0.2, 0.25) is 0 Å². The summed E-state index contributed by atoms with van der Waals surface area (Å²) in [5, 5.41) is 13.2. The van der Waals surface area contributed by atoms with E-state index in [4.69, 9.17) is 9.63 Å². The third kappa shape index (κ3) is 4.45. The fourth-order valence-corrected chi connectivity index (χ4v) is 3.21. The summed E-state index contributed by atoms with van der Waals surface area (Å²) >= 11 is 0. The lowest BCUT2D eigenvalue weighted by Gasteiger charge is -2.14. The van der Waals surface area contributed by atoms with Gasteiger partial charge in [-0.1, -0.05) is 38.1 Å². The van der Waals surface area contributed by atoms with Crippen LogP contribution in [0, 0.1) is 5.92 Å². The van der Waals surface area contributed by atoms with Crippen molar-refractivity contribution in [3.8, 4) is 0 Å². The minimum absolute atomic E-state index is 0.131. The molecule has 0 bridgehead atoms. The van der Waals surface area contributed by atoms with E-state index in [2.05, 4.69) is 35.8 Å². The Morgan fingerprint density at radius 2 is 2.20 bits per heavy atom. The van der Waals surface area contributed by atoms with Gasteiger partial charge in [-0.05, 0) is 43.0 Å². The van der Waals surface area contributed by atoms with Crippen LogP contribution in [-0.4, -0.2) is 39.2 Å². The van der Waals surface area contributed by atoms with Crippen molar-refractivity contribution < 1.29 is 14.4 Å². The summed E-state index contributed by atoms with van der Waals surface area (Å²) in [5.41, 5.74) is 1.31. The zero-order valence-electron chi connectivity index (χ0n) is 15.0. The largest absolute Gasteiger partial charge is 0.478 e. The highest BCUT2D eigenvalue weighted by atomic mass is 16.5. The standard InChI is InChI=1S/C19H25N3O3/c1-19(2,3)18-20-16(21-25-18)12-22-8-7-14(11-22)9-13-5-4-6-15(10-13)17(23)24/h4-6,10,14H,7-9,11-12H2,1-3H3,(H,23,24)/t14-/m0/s1. The van der Waals surface area contributed by atoms with Crippen LogP contribution in [0.5, 0.6) is 0 Å². The van der Waals surface area contributed by atoms with E-state index in [1.807, 2.05) is 12.1 Å². The molecule has 1 aliphatic heterocycles. The second kappa shape index (κ2) is 6.96. The molecule has 2 heterocycles. The van der Waals surface area contributed by atoms with Gasteiger partial charge in [0.1, 0.15) is 0 Å². The van der Waals surface area contributed by atoms with Crippen molar-refractivity contribution in [2.24, 2.45) is 5.92 Å². The first kappa shape index (κ1) is 17.6. The molecule has 1 aromatic carbocycles. The van der Waals surface area contributed by atoms with Gasteiger partial charge in [0.15, 0.2) is 5.82 Å². The summed E-state index contributed by atoms with van der Waals surface area (Å²) in [4.78, 5) is 17.9. The van der Waals surface area contributed by atoms with Crippen LogP contribution in [0.25, 0.3) is 0 Å². The highest BCUT2D eigenvalue weighted by Gasteiger charge is 2.26. The highest BCUT2D eigenvalue weighted by Crippen LogP contribution is 2.24. The molecule has 6 nitrogen and oxygen atoms in total. The number of carboxylic acids is 1. The van der Waals surface area contributed by atoms with E-state index >= 15 is 0 Å². The van der Waals surface area contributed by atoms with Crippen LogP contribution < -0.4 is 0 Å². The van der Waals surface area contributed by atoms with Crippen LogP contribution in [0.15, 0.2) is 28.8 Å². The van der Waals surface area contributed by atoms with Gasteiger partial charge in [0.25, 0.3) is 0 Å². The molecular weight excluding hydrogens is 318 g/mol. The van der Waals surface area contributed by atoms with Gasteiger partial charge in [0, 0.05) is 12.0 Å². The van der Waals surface area contributed by atoms with Crippen LogP contribution in [0.3, 0.4) is 0 Å². The van der Waals surface area contributed by atoms with Gasteiger partial charge in [-0.25, -0.2) is 4.79 Å². The Balaban J connectivity index is 1.56. The number of hydrogen-bond acceptors (Lipinski definition) is 5. The van der Waals surface area contributed by atoms with E-state index < -0.39 is 5.97 Å². The molecule has 1 N–H and O–H groups in total. The molecule has 3 rings (SSSR count). The van der Waals surface area contributed by atoms with Crippen molar-refractivity contribution in [3.63, 3.8) is 0 Å².